The Morgan fingerprint density at radius 2 is 1.70 bits per heavy atom. The zero-order valence-corrected chi connectivity index (χ0v) is 16.8. The molecule has 0 spiro atoms. The summed E-state index contributed by atoms with van der Waals surface area (Å²) < 4.78 is 16.9. The molecule has 0 saturated carbocycles. The summed E-state index contributed by atoms with van der Waals surface area (Å²) in [7, 11) is 1.61. The molecule has 0 bridgehead atoms. The number of carbonyl (C=O) groups excluding carboxylic acids is 1. The quantitative estimate of drug-likeness (QED) is 0.594. The van der Waals surface area contributed by atoms with E-state index in [9.17, 15) is 9.90 Å². The molecule has 1 N–H and O–H groups in total. The second-order valence-corrected chi connectivity index (χ2v) is 6.88. The van der Waals surface area contributed by atoms with Crippen LogP contribution in [0.3, 0.4) is 0 Å². The predicted molar refractivity (Wildman–Crippen MR) is 114 cm³/mol. The Morgan fingerprint density at radius 1 is 1.00 bits per heavy atom. The molecule has 0 fully saturated rings. The van der Waals surface area contributed by atoms with E-state index >= 15 is 0 Å². The average molecular weight is 402 g/mol. The SMILES string of the molecule is CCOc1ccc(C=C2C(=O)c3cc(O)ccc3OC2c2ccc(OC)cc2)cc1. The normalized spacial score (nSPS) is 16.7. The van der Waals surface area contributed by atoms with E-state index in [0.29, 0.717) is 23.5 Å². The van der Waals surface area contributed by atoms with Crippen molar-refractivity contribution in [3.63, 3.8) is 0 Å². The van der Waals surface area contributed by atoms with Crippen LogP contribution in [0.2, 0.25) is 0 Å². The van der Waals surface area contributed by atoms with Crippen molar-refractivity contribution < 1.29 is 24.1 Å². The second-order valence-electron chi connectivity index (χ2n) is 6.88. The number of methoxy groups -OCH3 is 1. The second kappa shape index (κ2) is 8.33. The molecule has 5 nitrogen and oxygen atoms in total. The molecule has 1 aliphatic rings. The molecule has 3 aromatic rings. The molecule has 30 heavy (non-hydrogen) atoms. The van der Waals surface area contributed by atoms with Gasteiger partial charge in [-0.15, -0.1) is 0 Å². The van der Waals surface area contributed by atoms with Crippen LogP contribution in [0.15, 0.2) is 72.3 Å². The molecule has 1 heterocycles. The zero-order chi connectivity index (χ0) is 21.1. The minimum absolute atomic E-state index is 0.0222. The molecule has 152 valence electrons. The standard InChI is InChI=1S/C25H22O5/c1-3-29-20-9-4-16(5-10-20)14-22-24(27)21-15-18(26)8-13-23(21)30-25(22)17-6-11-19(28-2)12-7-17/h4-15,25-26H,3H2,1-2H3. The van der Waals surface area contributed by atoms with Crippen molar-refractivity contribution in [2.24, 2.45) is 0 Å². The lowest BCUT2D eigenvalue weighted by Crippen LogP contribution is -2.23. The van der Waals surface area contributed by atoms with Gasteiger partial charge in [-0.05, 0) is 66.6 Å². The van der Waals surface area contributed by atoms with E-state index in [1.54, 1.807) is 13.2 Å². The number of benzene rings is 3. The minimum Gasteiger partial charge on any atom is -0.508 e. The first-order valence-corrected chi connectivity index (χ1v) is 9.72. The molecule has 0 amide bonds. The fourth-order valence-electron chi connectivity index (χ4n) is 3.44. The van der Waals surface area contributed by atoms with Gasteiger partial charge in [-0.25, -0.2) is 0 Å². The van der Waals surface area contributed by atoms with Gasteiger partial charge >= 0.3 is 0 Å². The van der Waals surface area contributed by atoms with Crippen molar-refractivity contribution >= 4 is 11.9 Å². The van der Waals surface area contributed by atoms with Gasteiger partial charge in [0.1, 0.15) is 23.0 Å². The monoisotopic (exact) mass is 402 g/mol. The van der Waals surface area contributed by atoms with Crippen molar-refractivity contribution in [3.8, 4) is 23.0 Å². The summed E-state index contributed by atoms with van der Waals surface area (Å²) in [6.07, 6.45) is 1.24. The fraction of sp³-hybridized carbons (Fsp3) is 0.160. The topological polar surface area (TPSA) is 65.0 Å². The maximum Gasteiger partial charge on any atom is 0.196 e. The van der Waals surface area contributed by atoms with Crippen LogP contribution in [0.4, 0.5) is 0 Å². The molecule has 3 aromatic carbocycles. The zero-order valence-electron chi connectivity index (χ0n) is 16.8. The first-order valence-electron chi connectivity index (χ1n) is 9.72. The van der Waals surface area contributed by atoms with Gasteiger partial charge in [0.15, 0.2) is 11.9 Å². The summed E-state index contributed by atoms with van der Waals surface area (Å²) >= 11 is 0. The van der Waals surface area contributed by atoms with Gasteiger partial charge in [0, 0.05) is 5.57 Å². The van der Waals surface area contributed by atoms with Gasteiger partial charge < -0.3 is 19.3 Å². The Balaban J connectivity index is 1.78. The van der Waals surface area contributed by atoms with Crippen molar-refractivity contribution in [3.05, 3.63) is 89.0 Å². The lowest BCUT2D eigenvalue weighted by molar-refractivity contribution is 0.0963. The highest BCUT2D eigenvalue weighted by atomic mass is 16.5. The number of ketones is 1. The Bertz CT molecular complexity index is 1080. The number of phenolic OH excluding ortho intramolecular Hbond substituents is 1. The fourth-order valence-corrected chi connectivity index (χ4v) is 3.44. The highest BCUT2D eigenvalue weighted by Gasteiger charge is 2.33. The first-order chi connectivity index (χ1) is 14.6. The van der Waals surface area contributed by atoms with E-state index in [0.717, 1.165) is 22.6 Å². The van der Waals surface area contributed by atoms with Crippen LogP contribution in [0.1, 0.15) is 34.5 Å². The molecule has 0 saturated heterocycles. The Hall–Kier alpha value is -3.73. The van der Waals surface area contributed by atoms with Gasteiger partial charge in [-0.2, -0.15) is 0 Å². The number of hydrogen-bond acceptors (Lipinski definition) is 5. The molecule has 1 aliphatic heterocycles. The number of hydrogen-bond donors (Lipinski definition) is 1. The minimum atomic E-state index is -0.577. The number of Topliss-reactive ketones (excluding diaryl/α,β-unsaturated/α-hetero) is 1. The van der Waals surface area contributed by atoms with Gasteiger partial charge in [-0.3, -0.25) is 4.79 Å². The van der Waals surface area contributed by atoms with Crippen LogP contribution in [-0.2, 0) is 0 Å². The largest absolute Gasteiger partial charge is 0.508 e. The highest BCUT2D eigenvalue weighted by Crippen LogP contribution is 2.40. The van der Waals surface area contributed by atoms with Crippen LogP contribution >= 0.6 is 0 Å². The third kappa shape index (κ3) is 3.87. The molecular weight excluding hydrogens is 380 g/mol. The molecule has 1 unspecified atom stereocenters. The molecule has 4 rings (SSSR count). The van der Waals surface area contributed by atoms with E-state index in [-0.39, 0.29) is 11.5 Å². The molecular formula is C25H22O5. The van der Waals surface area contributed by atoms with Crippen molar-refractivity contribution in [1.29, 1.82) is 0 Å². The first kappa shape index (κ1) is 19.6. The maximum absolute atomic E-state index is 13.3. The van der Waals surface area contributed by atoms with Crippen LogP contribution in [0, 0.1) is 0 Å². The van der Waals surface area contributed by atoms with Gasteiger partial charge in [-0.1, -0.05) is 24.3 Å². The smallest absolute Gasteiger partial charge is 0.196 e. The third-order valence-corrected chi connectivity index (χ3v) is 4.93. The summed E-state index contributed by atoms with van der Waals surface area (Å²) in [6, 6.07) is 19.5. The molecule has 0 aliphatic carbocycles. The van der Waals surface area contributed by atoms with Crippen LogP contribution in [0.25, 0.3) is 6.08 Å². The van der Waals surface area contributed by atoms with Crippen LogP contribution < -0.4 is 14.2 Å². The number of aromatic hydroxyl groups is 1. The number of rotatable bonds is 5. The van der Waals surface area contributed by atoms with Crippen molar-refractivity contribution in [2.45, 2.75) is 13.0 Å². The molecule has 0 radical (unpaired) electrons. The van der Waals surface area contributed by atoms with E-state index in [1.165, 1.54) is 12.1 Å². The molecule has 1 atom stereocenters. The number of ether oxygens (including phenoxy) is 3. The lowest BCUT2D eigenvalue weighted by Gasteiger charge is -2.28. The Kier molecular flexibility index (Phi) is 5.44. The molecule has 5 heteroatoms. The van der Waals surface area contributed by atoms with Crippen molar-refractivity contribution in [2.75, 3.05) is 13.7 Å². The van der Waals surface area contributed by atoms with E-state index in [2.05, 4.69) is 0 Å². The highest BCUT2D eigenvalue weighted by molar-refractivity contribution is 6.14. The summed E-state index contributed by atoms with van der Waals surface area (Å²) in [5.41, 5.74) is 2.52. The van der Waals surface area contributed by atoms with Gasteiger partial charge in [0.2, 0.25) is 0 Å². The Labute approximate surface area is 175 Å². The summed E-state index contributed by atoms with van der Waals surface area (Å²) in [5, 5.41) is 9.85. The number of fused-ring (bicyclic) bond motifs is 1. The summed E-state index contributed by atoms with van der Waals surface area (Å²) in [5.74, 6) is 1.79. The lowest BCUT2D eigenvalue weighted by atomic mass is 9.89. The van der Waals surface area contributed by atoms with E-state index in [1.807, 2.05) is 61.5 Å². The molecule has 0 aromatic heterocycles. The van der Waals surface area contributed by atoms with Crippen molar-refractivity contribution in [1.82, 2.24) is 0 Å². The van der Waals surface area contributed by atoms with Crippen LogP contribution in [0.5, 0.6) is 23.0 Å². The van der Waals surface area contributed by atoms with E-state index in [4.69, 9.17) is 14.2 Å². The average Bonchev–Trinajstić information content (AvgIpc) is 2.77. The number of carbonyl (C=O) groups is 1. The Morgan fingerprint density at radius 3 is 2.37 bits per heavy atom. The summed E-state index contributed by atoms with van der Waals surface area (Å²) in [4.78, 5) is 13.3. The maximum atomic E-state index is 13.3. The van der Waals surface area contributed by atoms with Gasteiger partial charge in [0.05, 0.1) is 19.3 Å². The van der Waals surface area contributed by atoms with Crippen LogP contribution in [-0.4, -0.2) is 24.6 Å². The summed E-state index contributed by atoms with van der Waals surface area (Å²) in [6.45, 7) is 2.52. The third-order valence-electron chi connectivity index (χ3n) is 4.93. The van der Waals surface area contributed by atoms with Gasteiger partial charge in [0.25, 0.3) is 0 Å². The van der Waals surface area contributed by atoms with E-state index < -0.39 is 6.10 Å². The predicted octanol–water partition coefficient (Wildman–Crippen LogP) is 5.20. The number of phenols is 1.